The molecule has 0 atom stereocenters. The standard InChI is InChI=1S/C13H15N3O2/c1-3-16-9-10(8-14-16)13(17)15-11-5-4-6-12(7-11)18-2/h4-9H,3H2,1-2H3,(H,15,17). The number of carbonyl (C=O) groups excluding carboxylic acids is 1. The number of hydrogen-bond acceptors (Lipinski definition) is 3. The third kappa shape index (κ3) is 2.68. The van der Waals surface area contributed by atoms with Gasteiger partial charge in [0.05, 0.1) is 18.9 Å². The van der Waals surface area contributed by atoms with Gasteiger partial charge in [-0.1, -0.05) is 6.07 Å². The van der Waals surface area contributed by atoms with E-state index in [0.29, 0.717) is 17.0 Å². The van der Waals surface area contributed by atoms with Crippen molar-refractivity contribution in [1.82, 2.24) is 9.78 Å². The summed E-state index contributed by atoms with van der Waals surface area (Å²) in [6.45, 7) is 2.71. The molecule has 5 nitrogen and oxygen atoms in total. The average molecular weight is 245 g/mol. The Morgan fingerprint density at radius 1 is 1.50 bits per heavy atom. The van der Waals surface area contributed by atoms with Crippen LogP contribution < -0.4 is 10.1 Å². The summed E-state index contributed by atoms with van der Waals surface area (Å²) in [6.07, 6.45) is 3.27. The normalized spacial score (nSPS) is 10.1. The molecule has 0 radical (unpaired) electrons. The molecular weight excluding hydrogens is 230 g/mol. The molecule has 0 saturated carbocycles. The number of hydrogen-bond donors (Lipinski definition) is 1. The molecule has 0 aliphatic carbocycles. The minimum Gasteiger partial charge on any atom is -0.497 e. The molecule has 1 aromatic heterocycles. The van der Waals surface area contributed by atoms with E-state index in [-0.39, 0.29) is 5.91 Å². The van der Waals surface area contributed by atoms with Crippen LogP contribution in [0.4, 0.5) is 5.69 Å². The zero-order valence-electron chi connectivity index (χ0n) is 10.4. The maximum atomic E-state index is 11.9. The molecule has 1 heterocycles. The molecule has 0 saturated heterocycles. The fourth-order valence-electron chi connectivity index (χ4n) is 1.56. The molecule has 0 unspecified atom stereocenters. The maximum Gasteiger partial charge on any atom is 0.258 e. The first-order valence-electron chi connectivity index (χ1n) is 5.70. The molecule has 2 rings (SSSR count). The van der Waals surface area contributed by atoms with E-state index in [4.69, 9.17) is 4.74 Å². The van der Waals surface area contributed by atoms with Gasteiger partial charge in [-0.05, 0) is 19.1 Å². The number of carbonyl (C=O) groups is 1. The van der Waals surface area contributed by atoms with Gasteiger partial charge < -0.3 is 10.1 Å². The molecule has 1 N–H and O–H groups in total. The minimum atomic E-state index is -0.178. The lowest BCUT2D eigenvalue weighted by molar-refractivity contribution is 0.102. The Bertz CT molecular complexity index is 549. The van der Waals surface area contributed by atoms with Gasteiger partial charge in [0, 0.05) is 24.5 Å². The summed E-state index contributed by atoms with van der Waals surface area (Å²) in [5.74, 6) is 0.528. The predicted octanol–water partition coefficient (Wildman–Crippen LogP) is 2.16. The van der Waals surface area contributed by atoms with Crippen LogP contribution in [-0.4, -0.2) is 22.8 Å². The van der Waals surface area contributed by atoms with Crippen LogP contribution in [-0.2, 0) is 6.54 Å². The van der Waals surface area contributed by atoms with Gasteiger partial charge in [0.2, 0.25) is 0 Å². The van der Waals surface area contributed by atoms with Crippen molar-refractivity contribution in [1.29, 1.82) is 0 Å². The fraction of sp³-hybridized carbons (Fsp3) is 0.231. The van der Waals surface area contributed by atoms with Gasteiger partial charge in [-0.15, -0.1) is 0 Å². The summed E-state index contributed by atoms with van der Waals surface area (Å²) in [4.78, 5) is 11.9. The molecule has 0 spiro atoms. The second kappa shape index (κ2) is 5.35. The van der Waals surface area contributed by atoms with Crippen LogP contribution in [0.5, 0.6) is 5.75 Å². The van der Waals surface area contributed by atoms with Gasteiger partial charge in [0.25, 0.3) is 5.91 Å². The van der Waals surface area contributed by atoms with E-state index in [1.165, 1.54) is 0 Å². The lowest BCUT2D eigenvalue weighted by atomic mass is 10.2. The molecule has 1 amide bonds. The van der Waals surface area contributed by atoms with Gasteiger partial charge >= 0.3 is 0 Å². The number of nitrogens with one attached hydrogen (secondary N) is 1. The van der Waals surface area contributed by atoms with Crippen LogP contribution in [0.15, 0.2) is 36.7 Å². The highest BCUT2D eigenvalue weighted by molar-refractivity contribution is 6.04. The van der Waals surface area contributed by atoms with Crippen LogP contribution in [0.25, 0.3) is 0 Å². The van der Waals surface area contributed by atoms with Crippen LogP contribution >= 0.6 is 0 Å². The number of rotatable bonds is 4. The van der Waals surface area contributed by atoms with Crippen molar-refractivity contribution in [3.8, 4) is 5.75 Å². The highest BCUT2D eigenvalue weighted by Gasteiger charge is 2.08. The Morgan fingerprint density at radius 3 is 3.00 bits per heavy atom. The number of methoxy groups -OCH3 is 1. The van der Waals surface area contributed by atoms with Crippen molar-refractivity contribution in [2.24, 2.45) is 0 Å². The number of ether oxygens (including phenoxy) is 1. The van der Waals surface area contributed by atoms with Gasteiger partial charge in [-0.25, -0.2) is 0 Å². The van der Waals surface area contributed by atoms with Crippen molar-refractivity contribution in [2.75, 3.05) is 12.4 Å². The molecule has 0 fully saturated rings. The largest absolute Gasteiger partial charge is 0.497 e. The number of anilines is 1. The van der Waals surface area contributed by atoms with Crippen molar-refractivity contribution >= 4 is 11.6 Å². The van der Waals surface area contributed by atoms with Crippen molar-refractivity contribution < 1.29 is 9.53 Å². The first-order valence-corrected chi connectivity index (χ1v) is 5.70. The van der Waals surface area contributed by atoms with Crippen LogP contribution in [0.2, 0.25) is 0 Å². The molecule has 0 aliphatic heterocycles. The van der Waals surface area contributed by atoms with Crippen LogP contribution in [0, 0.1) is 0 Å². The number of amides is 1. The van der Waals surface area contributed by atoms with Gasteiger partial charge in [-0.2, -0.15) is 5.10 Å². The Labute approximate surface area is 105 Å². The fourth-order valence-corrected chi connectivity index (χ4v) is 1.56. The van der Waals surface area contributed by atoms with Gasteiger partial charge in [0.15, 0.2) is 0 Å². The minimum absolute atomic E-state index is 0.178. The van der Waals surface area contributed by atoms with Crippen LogP contribution in [0.3, 0.4) is 0 Å². The smallest absolute Gasteiger partial charge is 0.258 e. The van der Waals surface area contributed by atoms with Gasteiger partial charge in [0.1, 0.15) is 5.75 Å². The van der Waals surface area contributed by atoms with Crippen molar-refractivity contribution in [3.63, 3.8) is 0 Å². The third-order valence-corrected chi connectivity index (χ3v) is 2.55. The SMILES string of the molecule is CCn1cc(C(=O)Nc2cccc(OC)c2)cn1. The molecule has 18 heavy (non-hydrogen) atoms. The monoisotopic (exact) mass is 245 g/mol. The highest BCUT2D eigenvalue weighted by Crippen LogP contribution is 2.17. The molecule has 5 heteroatoms. The summed E-state index contributed by atoms with van der Waals surface area (Å²) in [6, 6.07) is 7.22. The quantitative estimate of drug-likeness (QED) is 0.898. The Balaban J connectivity index is 2.10. The topological polar surface area (TPSA) is 56.2 Å². The second-order valence-corrected chi connectivity index (χ2v) is 3.77. The Hall–Kier alpha value is -2.30. The average Bonchev–Trinajstić information content (AvgIpc) is 2.88. The Kier molecular flexibility index (Phi) is 3.62. The van der Waals surface area contributed by atoms with E-state index in [1.54, 1.807) is 30.3 Å². The van der Waals surface area contributed by atoms with Crippen molar-refractivity contribution in [2.45, 2.75) is 13.5 Å². The number of aryl methyl sites for hydroxylation is 1. The molecule has 0 aliphatic rings. The third-order valence-electron chi connectivity index (χ3n) is 2.55. The molecule has 1 aromatic carbocycles. The van der Waals surface area contributed by atoms with E-state index >= 15 is 0 Å². The summed E-state index contributed by atoms with van der Waals surface area (Å²) < 4.78 is 6.80. The number of benzene rings is 1. The summed E-state index contributed by atoms with van der Waals surface area (Å²) >= 11 is 0. The lowest BCUT2D eigenvalue weighted by Crippen LogP contribution is -2.11. The molecule has 2 aromatic rings. The molecule has 94 valence electrons. The molecule has 0 bridgehead atoms. The Morgan fingerprint density at radius 2 is 2.33 bits per heavy atom. The summed E-state index contributed by atoms with van der Waals surface area (Å²) in [5.41, 5.74) is 1.24. The highest BCUT2D eigenvalue weighted by atomic mass is 16.5. The summed E-state index contributed by atoms with van der Waals surface area (Å²) in [5, 5.41) is 6.86. The number of aromatic nitrogens is 2. The van der Waals surface area contributed by atoms with Crippen molar-refractivity contribution in [3.05, 3.63) is 42.2 Å². The van der Waals surface area contributed by atoms with E-state index in [0.717, 1.165) is 6.54 Å². The lowest BCUT2D eigenvalue weighted by Gasteiger charge is -2.05. The van der Waals surface area contributed by atoms with E-state index in [1.807, 2.05) is 25.1 Å². The zero-order chi connectivity index (χ0) is 13.0. The van der Waals surface area contributed by atoms with E-state index in [2.05, 4.69) is 10.4 Å². The number of nitrogens with zero attached hydrogens (tertiary/aromatic N) is 2. The summed E-state index contributed by atoms with van der Waals surface area (Å²) in [7, 11) is 1.59. The molecular formula is C13H15N3O2. The maximum absolute atomic E-state index is 11.9. The van der Waals surface area contributed by atoms with Gasteiger partial charge in [-0.3, -0.25) is 9.48 Å². The van der Waals surface area contributed by atoms with E-state index < -0.39 is 0 Å². The second-order valence-electron chi connectivity index (χ2n) is 3.77. The van der Waals surface area contributed by atoms with E-state index in [9.17, 15) is 4.79 Å². The first kappa shape index (κ1) is 12.2. The predicted molar refractivity (Wildman–Crippen MR) is 68.8 cm³/mol. The van der Waals surface area contributed by atoms with Crippen LogP contribution in [0.1, 0.15) is 17.3 Å². The zero-order valence-corrected chi connectivity index (χ0v) is 10.4. The first-order chi connectivity index (χ1) is 8.72.